The van der Waals surface area contributed by atoms with Crippen molar-refractivity contribution in [2.45, 2.75) is 20.0 Å². The number of hydrogen-bond donors (Lipinski definition) is 1. The molecule has 0 aliphatic carbocycles. The molecular weight excluding hydrogens is 378 g/mol. The first kappa shape index (κ1) is 19.5. The first-order valence-electron chi connectivity index (χ1n) is 9.77. The molecule has 150 valence electrons. The Balaban J connectivity index is 1.89. The fourth-order valence-electron chi connectivity index (χ4n) is 3.72. The van der Waals surface area contributed by atoms with Gasteiger partial charge in [0.25, 0.3) is 0 Å². The van der Waals surface area contributed by atoms with Crippen molar-refractivity contribution in [1.82, 2.24) is 4.40 Å². The van der Waals surface area contributed by atoms with Gasteiger partial charge in [-0.15, -0.1) is 0 Å². The predicted octanol–water partition coefficient (Wildman–Crippen LogP) is 5.01. The smallest absolute Gasteiger partial charge is 0.338 e. The van der Waals surface area contributed by atoms with Crippen LogP contribution >= 0.6 is 0 Å². The largest absolute Gasteiger partial charge is 0.487 e. The van der Waals surface area contributed by atoms with E-state index in [1.165, 1.54) is 0 Å². The van der Waals surface area contributed by atoms with Crippen molar-refractivity contribution in [3.8, 4) is 5.75 Å². The molecular formula is C25H21NO4. The van der Waals surface area contributed by atoms with Crippen LogP contribution in [0.4, 0.5) is 0 Å². The number of benzene rings is 2. The van der Waals surface area contributed by atoms with Crippen LogP contribution in [0.5, 0.6) is 5.75 Å². The number of rotatable bonds is 7. The Morgan fingerprint density at radius 2 is 1.60 bits per heavy atom. The molecule has 2 heterocycles. The maximum atomic E-state index is 13.3. The van der Waals surface area contributed by atoms with E-state index in [-0.39, 0.29) is 11.3 Å². The summed E-state index contributed by atoms with van der Waals surface area (Å²) in [5.41, 5.74) is 2.87. The van der Waals surface area contributed by atoms with Gasteiger partial charge in [0.2, 0.25) is 5.78 Å². The van der Waals surface area contributed by atoms with E-state index in [9.17, 15) is 14.7 Å². The number of pyridine rings is 1. The van der Waals surface area contributed by atoms with Crippen molar-refractivity contribution in [3.05, 3.63) is 107 Å². The summed E-state index contributed by atoms with van der Waals surface area (Å²) in [6.07, 6.45) is 2.13. The minimum atomic E-state index is -1.08. The first-order chi connectivity index (χ1) is 14.6. The van der Waals surface area contributed by atoms with Crippen molar-refractivity contribution in [3.63, 3.8) is 0 Å². The predicted molar refractivity (Wildman–Crippen MR) is 114 cm³/mol. The Labute approximate surface area is 174 Å². The second kappa shape index (κ2) is 8.25. The molecule has 0 radical (unpaired) electrons. The molecule has 2 aromatic heterocycles. The van der Waals surface area contributed by atoms with Crippen molar-refractivity contribution in [1.29, 1.82) is 0 Å². The third kappa shape index (κ3) is 3.46. The van der Waals surface area contributed by atoms with Gasteiger partial charge >= 0.3 is 5.97 Å². The van der Waals surface area contributed by atoms with Crippen LogP contribution in [0.2, 0.25) is 0 Å². The standard InChI is InChI=1S/C25H21NO4/c1-2-19-21(25(28)29)23-20(30-16-17-10-5-3-6-11-17)14-9-15-26(23)22(19)24(27)18-12-7-4-8-13-18/h3-15H,2,16H2,1H3,(H,28,29). The molecule has 2 aromatic carbocycles. The van der Waals surface area contributed by atoms with E-state index in [1.54, 1.807) is 47.0 Å². The Hall–Kier alpha value is -3.86. The molecule has 0 saturated heterocycles. The number of fused-ring (bicyclic) bond motifs is 1. The number of nitrogens with zero attached hydrogens (tertiary/aromatic N) is 1. The molecule has 0 spiro atoms. The molecule has 0 aliphatic heterocycles. The van der Waals surface area contributed by atoms with E-state index in [0.29, 0.717) is 41.1 Å². The second-order valence-electron chi connectivity index (χ2n) is 6.92. The molecule has 1 N–H and O–H groups in total. The summed E-state index contributed by atoms with van der Waals surface area (Å²) in [7, 11) is 0. The van der Waals surface area contributed by atoms with Gasteiger partial charge in [0.05, 0.1) is 11.3 Å². The number of ether oxygens (including phenoxy) is 1. The minimum absolute atomic E-state index is 0.112. The lowest BCUT2D eigenvalue weighted by Crippen LogP contribution is -2.08. The van der Waals surface area contributed by atoms with Crippen LogP contribution < -0.4 is 4.74 Å². The number of carboxylic acid groups (broad SMARTS) is 1. The molecule has 0 saturated carbocycles. The van der Waals surface area contributed by atoms with E-state index in [4.69, 9.17) is 4.74 Å². The Morgan fingerprint density at radius 3 is 2.23 bits per heavy atom. The maximum absolute atomic E-state index is 13.3. The zero-order chi connectivity index (χ0) is 21.1. The SMILES string of the molecule is CCc1c(C(=O)O)c2c(OCc3ccccc3)cccn2c1C(=O)c1ccccc1. The van der Waals surface area contributed by atoms with E-state index in [2.05, 4.69) is 0 Å². The summed E-state index contributed by atoms with van der Waals surface area (Å²) in [5.74, 6) is -0.858. The molecule has 0 unspecified atom stereocenters. The number of aromatic nitrogens is 1. The second-order valence-corrected chi connectivity index (χ2v) is 6.92. The van der Waals surface area contributed by atoms with E-state index in [0.717, 1.165) is 5.56 Å². The Kier molecular flexibility index (Phi) is 5.35. The van der Waals surface area contributed by atoms with Gasteiger partial charge in [-0.1, -0.05) is 67.6 Å². The van der Waals surface area contributed by atoms with Gasteiger partial charge in [-0.3, -0.25) is 4.79 Å². The normalized spacial score (nSPS) is 10.8. The number of carbonyl (C=O) groups excluding carboxylic acids is 1. The summed E-state index contributed by atoms with van der Waals surface area (Å²) in [4.78, 5) is 25.5. The number of carbonyl (C=O) groups is 2. The van der Waals surface area contributed by atoms with Gasteiger partial charge < -0.3 is 14.2 Å². The van der Waals surface area contributed by atoms with Gasteiger partial charge in [0.15, 0.2) is 0 Å². The van der Waals surface area contributed by atoms with E-state index < -0.39 is 5.97 Å². The highest BCUT2D eigenvalue weighted by molar-refractivity contribution is 6.13. The summed E-state index contributed by atoms with van der Waals surface area (Å²) >= 11 is 0. The fourth-order valence-corrected chi connectivity index (χ4v) is 3.72. The Morgan fingerprint density at radius 1 is 0.933 bits per heavy atom. The maximum Gasteiger partial charge on any atom is 0.338 e. The minimum Gasteiger partial charge on any atom is -0.487 e. The summed E-state index contributed by atoms with van der Waals surface area (Å²) in [6, 6.07) is 22.0. The Bertz CT molecular complexity index is 1210. The lowest BCUT2D eigenvalue weighted by Gasteiger charge is -2.10. The van der Waals surface area contributed by atoms with Crippen LogP contribution in [0, 0.1) is 0 Å². The van der Waals surface area contributed by atoms with Gasteiger partial charge in [0.1, 0.15) is 17.9 Å². The van der Waals surface area contributed by atoms with Crippen LogP contribution in [0.25, 0.3) is 5.52 Å². The molecule has 30 heavy (non-hydrogen) atoms. The van der Waals surface area contributed by atoms with Gasteiger partial charge in [-0.05, 0) is 29.7 Å². The highest BCUT2D eigenvalue weighted by Crippen LogP contribution is 2.33. The van der Waals surface area contributed by atoms with Crippen LogP contribution in [0.15, 0.2) is 79.0 Å². The zero-order valence-corrected chi connectivity index (χ0v) is 16.5. The average Bonchev–Trinajstić information content (AvgIpc) is 3.13. The highest BCUT2D eigenvalue weighted by atomic mass is 16.5. The number of hydrogen-bond acceptors (Lipinski definition) is 3. The van der Waals surface area contributed by atoms with E-state index in [1.807, 2.05) is 43.3 Å². The monoisotopic (exact) mass is 399 g/mol. The van der Waals surface area contributed by atoms with Crippen molar-refractivity contribution in [2.75, 3.05) is 0 Å². The van der Waals surface area contributed by atoms with Gasteiger partial charge in [-0.2, -0.15) is 0 Å². The number of ketones is 1. The van der Waals surface area contributed by atoms with Gasteiger partial charge in [-0.25, -0.2) is 4.79 Å². The molecule has 0 bridgehead atoms. The summed E-state index contributed by atoms with van der Waals surface area (Å²) < 4.78 is 7.65. The van der Waals surface area contributed by atoms with Crippen molar-refractivity contribution in [2.24, 2.45) is 0 Å². The third-order valence-electron chi connectivity index (χ3n) is 5.08. The van der Waals surface area contributed by atoms with Crippen molar-refractivity contribution < 1.29 is 19.4 Å². The van der Waals surface area contributed by atoms with Crippen LogP contribution in [-0.2, 0) is 13.0 Å². The third-order valence-corrected chi connectivity index (χ3v) is 5.08. The molecule has 5 heteroatoms. The van der Waals surface area contributed by atoms with Crippen LogP contribution in [0.3, 0.4) is 0 Å². The van der Waals surface area contributed by atoms with Crippen LogP contribution in [-0.4, -0.2) is 21.3 Å². The molecule has 0 aliphatic rings. The van der Waals surface area contributed by atoms with Crippen molar-refractivity contribution >= 4 is 17.3 Å². The lowest BCUT2D eigenvalue weighted by atomic mass is 10.0. The lowest BCUT2D eigenvalue weighted by molar-refractivity contribution is 0.0697. The van der Waals surface area contributed by atoms with Gasteiger partial charge in [0, 0.05) is 11.8 Å². The zero-order valence-electron chi connectivity index (χ0n) is 16.5. The van der Waals surface area contributed by atoms with E-state index >= 15 is 0 Å². The quantitative estimate of drug-likeness (QED) is 0.444. The molecule has 4 rings (SSSR count). The first-order valence-corrected chi connectivity index (χ1v) is 9.77. The molecule has 0 atom stereocenters. The summed E-state index contributed by atoms with van der Waals surface area (Å²) in [6.45, 7) is 2.15. The number of aromatic carboxylic acids is 1. The molecule has 0 amide bonds. The fraction of sp³-hybridized carbons (Fsp3) is 0.120. The topological polar surface area (TPSA) is 68.0 Å². The average molecular weight is 399 g/mol. The molecule has 5 nitrogen and oxygen atoms in total. The van der Waals surface area contributed by atoms with Crippen LogP contribution in [0.1, 0.15) is 44.5 Å². The highest BCUT2D eigenvalue weighted by Gasteiger charge is 2.28. The molecule has 0 fully saturated rings. The molecule has 4 aromatic rings. The summed E-state index contributed by atoms with van der Waals surface area (Å²) in [5, 5.41) is 9.99. The number of carboxylic acids is 1.